The van der Waals surface area contributed by atoms with E-state index in [1.807, 2.05) is 27.7 Å². The fourth-order valence-electron chi connectivity index (χ4n) is 6.20. The number of nitrogens with two attached hydrogens (primary N) is 1. The number of nitrogens with zero attached hydrogens (tertiary/aromatic N) is 1. The van der Waals surface area contributed by atoms with Gasteiger partial charge in [0, 0.05) is 12.6 Å². The monoisotopic (exact) mass is 639 g/mol. The Morgan fingerprint density at radius 3 is 1.98 bits per heavy atom. The van der Waals surface area contributed by atoms with Gasteiger partial charge in [0.2, 0.25) is 17.6 Å². The van der Waals surface area contributed by atoms with Gasteiger partial charge in [-0.1, -0.05) is 61.3 Å². The van der Waals surface area contributed by atoms with Gasteiger partial charge in [-0.2, -0.15) is 0 Å². The van der Waals surface area contributed by atoms with Crippen molar-refractivity contribution in [1.29, 1.82) is 0 Å². The van der Waals surface area contributed by atoms with E-state index >= 15 is 0 Å². The van der Waals surface area contributed by atoms with Crippen molar-refractivity contribution in [2.24, 2.45) is 40.2 Å². The van der Waals surface area contributed by atoms with Crippen LogP contribution >= 0.6 is 0 Å². The molecule has 1 saturated heterocycles. The number of sulfone groups is 1. The SMILES string of the molecule is CC(C)[C@@H](CS(=O)(=O)C(C)(C)C)NC(=O)N[C@H](C(=O)N1CC2C([C@H]1C(=O)NC(CC1CC1)C(=O)C(N)=O)C2(C)C)C(C)(C)C. The van der Waals surface area contributed by atoms with Crippen LogP contribution in [0.3, 0.4) is 0 Å². The molecule has 3 aliphatic rings. The summed E-state index contributed by atoms with van der Waals surface area (Å²) in [4.78, 5) is 67.0. The molecule has 2 aliphatic carbocycles. The number of fused-ring (bicyclic) bond motifs is 1. The second-order valence-electron chi connectivity index (χ2n) is 16.0. The Balaban J connectivity index is 1.82. The quantitative estimate of drug-likeness (QED) is 0.234. The number of hydrogen-bond donors (Lipinski definition) is 4. The van der Waals surface area contributed by atoms with Crippen molar-refractivity contribution in [3.05, 3.63) is 0 Å². The van der Waals surface area contributed by atoms with Crippen LogP contribution in [0.15, 0.2) is 0 Å². The molecule has 0 radical (unpaired) electrons. The van der Waals surface area contributed by atoms with Crippen LogP contribution in [0.4, 0.5) is 4.79 Å². The number of likely N-dealkylation sites (tertiary alicyclic amines) is 1. The van der Waals surface area contributed by atoms with Crippen LogP contribution in [0.5, 0.6) is 0 Å². The van der Waals surface area contributed by atoms with E-state index in [9.17, 15) is 32.4 Å². The van der Waals surface area contributed by atoms with Gasteiger partial charge in [0.05, 0.1) is 16.5 Å². The van der Waals surface area contributed by atoms with E-state index < -0.39 is 73.7 Å². The summed E-state index contributed by atoms with van der Waals surface area (Å²) in [5, 5.41) is 8.29. The van der Waals surface area contributed by atoms with E-state index in [0.29, 0.717) is 13.0 Å². The normalized spacial score (nSPS) is 25.0. The topological polar surface area (TPSA) is 185 Å². The average molecular weight is 640 g/mol. The zero-order chi connectivity index (χ0) is 33.7. The van der Waals surface area contributed by atoms with Gasteiger partial charge >= 0.3 is 6.03 Å². The first-order valence-electron chi connectivity index (χ1n) is 15.6. The molecule has 3 rings (SSSR count). The van der Waals surface area contributed by atoms with E-state index in [4.69, 9.17) is 5.73 Å². The fraction of sp³-hybridized carbons (Fsp3) is 0.839. The Hall–Kier alpha value is -2.70. The molecule has 3 fully saturated rings. The maximum absolute atomic E-state index is 14.2. The summed E-state index contributed by atoms with van der Waals surface area (Å²) in [6.45, 7) is 18.2. The lowest BCUT2D eigenvalue weighted by Gasteiger charge is -2.38. The summed E-state index contributed by atoms with van der Waals surface area (Å²) in [6, 6.07) is -4.35. The van der Waals surface area contributed by atoms with Gasteiger partial charge in [0.1, 0.15) is 12.1 Å². The first-order chi connectivity index (χ1) is 19.9. The lowest BCUT2D eigenvalue weighted by Crippen LogP contribution is -2.62. The Kier molecular flexibility index (Phi) is 9.96. The maximum atomic E-state index is 14.2. The molecule has 12 nitrogen and oxygen atoms in total. The number of primary amides is 1. The predicted molar refractivity (Wildman–Crippen MR) is 167 cm³/mol. The Labute approximate surface area is 262 Å². The Morgan fingerprint density at radius 2 is 1.52 bits per heavy atom. The van der Waals surface area contributed by atoms with Crippen molar-refractivity contribution in [3.63, 3.8) is 0 Å². The average Bonchev–Trinajstić information content (AvgIpc) is 3.71. The number of carbonyl (C=O) groups excluding carboxylic acids is 5. The molecule has 0 spiro atoms. The molecule has 5 amide bonds. The molecule has 13 heteroatoms. The van der Waals surface area contributed by atoms with E-state index in [-0.39, 0.29) is 34.8 Å². The van der Waals surface area contributed by atoms with Gasteiger partial charge in [-0.3, -0.25) is 19.2 Å². The summed E-state index contributed by atoms with van der Waals surface area (Å²) in [5.41, 5.74) is 4.30. The van der Waals surface area contributed by atoms with E-state index in [2.05, 4.69) is 16.0 Å². The lowest BCUT2D eigenvalue weighted by atomic mass is 9.85. The van der Waals surface area contributed by atoms with Crippen molar-refractivity contribution in [1.82, 2.24) is 20.9 Å². The Bertz CT molecular complexity index is 1280. The van der Waals surface area contributed by atoms with Crippen LogP contribution < -0.4 is 21.7 Å². The third-order valence-electron chi connectivity index (χ3n) is 9.74. The third kappa shape index (κ3) is 7.74. The minimum absolute atomic E-state index is 0.0540. The molecule has 3 unspecified atom stereocenters. The van der Waals surface area contributed by atoms with Gasteiger partial charge in [-0.05, 0) is 61.7 Å². The molecular weight excluding hydrogens is 586 g/mol. The lowest BCUT2D eigenvalue weighted by molar-refractivity contribution is -0.145. The highest BCUT2D eigenvalue weighted by Crippen LogP contribution is 2.65. The number of rotatable bonds is 12. The van der Waals surface area contributed by atoms with Crippen molar-refractivity contribution in [3.8, 4) is 0 Å². The number of urea groups is 1. The number of carbonyl (C=O) groups is 5. The zero-order valence-electron chi connectivity index (χ0n) is 27.9. The fourth-order valence-corrected chi connectivity index (χ4v) is 7.64. The van der Waals surface area contributed by atoms with Crippen LogP contribution in [0, 0.1) is 34.5 Å². The number of hydrogen-bond acceptors (Lipinski definition) is 7. The van der Waals surface area contributed by atoms with Gasteiger partial charge < -0.3 is 26.6 Å². The van der Waals surface area contributed by atoms with Crippen molar-refractivity contribution < 1.29 is 32.4 Å². The van der Waals surface area contributed by atoms with E-state index in [0.717, 1.165) is 12.8 Å². The molecule has 0 aromatic heterocycles. The molecule has 0 bridgehead atoms. The molecule has 5 N–H and O–H groups in total. The van der Waals surface area contributed by atoms with Gasteiger partial charge in [0.15, 0.2) is 9.84 Å². The standard InChI is InChI=1S/C31H53N5O7S/c1-16(2)20(15-44(42,43)30(6,7)8)34-28(41)35-24(29(3,4)5)27(40)36-14-18-21(31(18,9)10)22(36)26(39)33-19(13-17-11-12-17)23(37)25(32)38/h16-22,24H,11-15H2,1-10H3,(H2,32,38)(H,33,39)(H2,34,35,41)/t18?,19?,20-,21?,22+,24-/m1/s1. The van der Waals surface area contributed by atoms with E-state index in [1.165, 1.54) is 4.90 Å². The second kappa shape index (κ2) is 12.2. The first-order valence-corrected chi connectivity index (χ1v) is 17.3. The summed E-state index contributed by atoms with van der Waals surface area (Å²) in [6.07, 6.45) is 2.13. The second-order valence-corrected chi connectivity index (χ2v) is 18.8. The van der Waals surface area contributed by atoms with Crippen molar-refractivity contribution in [2.75, 3.05) is 12.3 Å². The van der Waals surface area contributed by atoms with Crippen LogP contribution in [0.25, 0.3) is 0 Å². The van der Waals surface area contributed by atoms with Gasteiger partial charge in [0.25, 0.3) is 5.91 Å². The van der Waals surface area contributed by atoms with Crippen LogP contribution in [0.1, 0.15) is 88.5 Å². The predicted octanol–water partition coefficient (Wildman–Crippen LogP) is 1.76. The van der Waals surface area contributed by atoms with Crippen LogP contribution in [-0.2, 0) is 29.0 Å². The molecule has 1 aliphatic heterocycles. The van der Waals surface area contributed by atoms with E-state index in [1.54, 1.807) is 41.5 Å². The molecule has 44 heavy (non-hydrogen) atoms. The number of nitrogens with one attached hydrogen (secondary N) is 3. The number of piperidine rings is 1. The molecule has 1 heterocycles. The summed E-state index contributed by atoms with van der Waals surface area (Å²) >= 11 is 0. The largest absolute Gasteiger partial charge is 0.363 e. The van der Waals surface area contributed by atoms with Gasteiger partial charge in [-0.25, -0.2) is 13.2 Å². The number of Topliss-reactive ketones (excluding diaryl/α,β-unsaturated/α-hetero) is 1. The van der Waals surface area contributed by atoms with Crippen LogP contribution in [-0.4, -0.2) is 84.1 Å². The maximum Gasteiger partial charge on any atom is 0.315 e. The molecule has 250 valence electrons. The van der Waals surface area contributed by atoms with Crippen molar-refractivity contribution in [2.45, 2.75) is 117 Å². The number of ketones is 1. The summed E-state index contributed by atoms with van der Waals surface area (Å²) < 4.78 is 24.8. The van der Waals surface area contributed by atoms with Crippen molar-refractivity contribution >= 4 is 39.4 Å². The highest BCUT2D eigenvalue weighted by atomic mass is 32.2. The molecule has 0 aromatic carbocycles. The van der Waals surface area contributed by atoms with Crippen LogP contribution in [0.2, 0.25) is 0 Å². The molecular formula is C31H53N5O7S. The molecule has 0 aromatic rings. The highest BCUT2D eigenvalue weighted by Gasteiger charge is 2.70. The first kappa shape index (κ1) is 35.8. The zero-order valence-corrected chi connectivity index (χ0v) is 28.8. The molecule has 6 atom stereocenters. The third-order valence-corrected chi connectivity index (χ3v) is 12.4. The Morgan fingerprint density at radius 1 is 0.955 bits per heavy atom. The summed E-state index contributed by atoms with van der Waals surface area (Å²) in [7, 11) is -3.54. The molecule has 2 saturated carbocycles. The highest BCUT2D eigenvalue weighted by molar-refractivity contribution is 7.92. The number of amides is 5. The minimum atomic E-state index is -3.54. The minimum Gasteiger partial charge on any atom is -0.363 e. The van der Waals surface area contributed by atoms with Gasteiger partial charge in [-0.15, -0.1) is 0 Å². The summed E-state index contributed by atoms with van der Waals surface area (Å²) in [5.74, 6) is -3.25. The smallest absolute Gasteiger partial charge is 0.315 e.